The molecule has 5 rings (SSSR count). The minimum atomic E-state index is -0.581. The van der Waals surface area contributed by atoms with Crippen LogP contribution in [0.2, 0.25) is 0 Å². The lowest BCUT2D eigenvalue weighted by Crippen LogP contribution is -2.58. The number of anilines is 1. The predicted molar refractivity (Wildman–Crippen MR) is 106 cm³/mol. The lowest BCUT2D eigenvalue weighted by atomic mass is 10.0. The van der Waals surface area contributed by atoms with E-state index in [2.05, 4.69) is 10.4 Å². The van der Waals surface area contributed by atoms with Crippen LogP contribution < -0.4 is 14.8 Å². The Balaban J connectivity index is 1.22. The number of urea groups is 1. The maximum absolute atomic E-state index is 14.3. The lowest BCUT2D eigenvalue weighted by Gasteiger charge is -2.41. The summed E-state index contributed by atoms with van der Waals surface area (Å²) < 4.78 is 25.2. The van der Waals surface area contributed by atoms with Gasteiger partial charge in [-0.2, -0.15) is 5.10 Å². The monoisotopic (exact) mass is 410 g/mol. The molecular weight excluding hydrogens is 391 g/mol. The summed E-state index contributed by atoms with van der Waals surface area (Å²) in [6.07, 6.45) is 2.06. The van der Waals surface area contributed by atoms with E-state index in [0.29, 0.717) is 25.2 Å². The Morgan fingerprint density at radius 1 is 1.23 bits per heavy atom. The van der Waals surface area contributed by atoms with Crippen LogP contribution >= 0.6 is 0 Å². The van der Waals surface area contributed by atoms with Crippen molar-refractivity contribution in [3.63, 3.8) is 0 Å². The van der Waals surface area contributed by atoms with E-state index in [1.165, 1.54) is 17.1 Å². The summed E-state index contributed by atoms with van der Waals surface area (Å²) in [6.45, 7) is 0.507. The van der Waals surface area contributed by atoms with E-state index < -0.39 is 5.82 Å². The summed E-state index contributed by atoms with van der Waals surface area (Å²) in [4.78, 5) is 25.9. The molecule has 0 aromatic heterocycles. The zero-order valence-electron chi connectivity index (χ0n) is 16.0. The van der Waals surface area contributed by atoms with Crippen LogP contribution in [0, 0.1) is 5.82 Å². The number of hydrazone groups is 1. The quantitative estimate of drug-likeness (QED) is 0.844. The largest absolute Gasteiger partial charge is 0.484 e. The van der Waals surface area contributed by atoms with Crippen molar-refractivity contribution < 1.29 is 23.5 Å². The summed E-state index contributed by atoms with van der Waals surface area (Å²) in [5.74, 6) is -0.607. The molecule has 3 aliphatic rings. The van der Waals surface area contributed by atoms with Crippen LogP contribution in [-0.2, 0) is 4.79 Å². The third kappa shape index (κ3) is 3.32. The highest BCUT2D eigenvalue weighted by Crippen LogP contribution is 2.35. The molecule has 0 aliphatic carbocycles. The second kappa shape index (κ2) is 7.33. The molecule has 3 heterocycles. The molecule has 1 fully saturated rings. The summed E-state index contributed by atoms with van der Waals surface area (Å²) in [6, 6.07) is 12.0. The summed E-state index contributed by atoms with van der Waals surface area (Å²) >= 11 is 0. The molecule has 1 saturated heterocycles. The first-order valence-corrected chi connectivity index (χ1v) is 9.67. The van der Waals surface area contributed by atoms with Gasteiger partial charge in [0.05, 0.1) is 24.8 Å². The first-order valence-electron chi connectivity index (χ1n) is 9.67. The Hall–Kier alpha value is -3.62. The second-order valence-corrected chi connectivity index (χ2v) is 7.35. The van der Waals surface area contributed by atoms with Crippen LogP contribution in [-0.4, -0.2) is 53.9 Å². The standard InChI is InChI=1S/C21H19FN4O4/c22-15-8-19-16(24-20(27)12-29-19)9-18(15)30-14-10-25(11-14)21(28)26-17(6-7-23-26)13-4-2-1-3-5-13/h1-5,7-9,14,17H,6,10-12H2,(H,24,27). The fourth-order valence-corrected chi connectivity index (χ4v) is 3.72. The Morgan fingerprint density at radius 3 is 2.83 bits per heavy atom. The number of hydrogen-bond donors (Lipinski definition) is 1. The van der Waals surface area contributed by atoms with Gasteiger partial charge in [0.25, 0.3) is 5.91 Å². The lowest BCUT2D eigenvalue weighted by molar-refractivity contribution is -0.118. The van der Waals surface area contributed by atoms with Gasteiger partial charge in [-0.1, -0.05) is 30.3 Å². The average molecular weight is 410 g/mol. The molecule has 9 heteroatoms. The van der Waals surface area contributed by atoms with Gasteiger partial charge in [-0.15, -0.1) is 0 Å². The number of rotatable bonds is 3. The Bertz CT molecular complexity index is 1020. The van der Waals surface area contributed by atoms with Crippen molar-refractivity contribution >= 4 is 23.8 Å². The predicted octanol–water partition coefficient (Wildman–Crippen LogP) is 2.77. The van der Waals surface area contributed by atoms with Crippen molar-refractivity contribution in [2.24, 2.45) is 5.10 Å². The van der Waals surface area contributed by atoms with Gasteiger partial charge in [0.2, 0.25) is 0 Å². The number of hydrogen-bond acceptors (Lipinski definition) is 5. The maximum Gasteiger partial charge on any atom is 0.341 e. The average Bonchev–Trinajstić information content (AvgIpc) is 3.21. The molecule has 3 amide bonds. The first-order chi connectivity index (χ1) is 14.6. The minimum Gasteiger partial charge on any atom is -0.484 e. The van der Waals surface area contributed by atoms with Crippen LogP contribution in [0.1, 0.15) is 18.0 Å². The molecule has 154 valence electrons. The van der Waals surface area contributed by atoms with Crippen molar-refractivity contribution in [2.45, 2.75) is 18.6 Å². The third-order valence-electron chi connectivity index (χ3n) is 5.29. The molecule has 1 unspecified atom stereocenters. The van der Waals surface area contributed by atoms with E-state index in [0.717, 1.165) is 5.56 Å². The summed E-state index contributed by atoms with van der Waals surface area (Å²) in [7, 11) is 0. The SMILES string of the molecule is O=C1COc2cc(F)c(OC3CN(C(=O)N4N=CCC4c4ccccc4)C3)cc2N1. The van der Waals surface area contributed by atoms with Gasteiger partial charge in [0.1, 0.15) is 11.9 Å². The topological polar surface area (TPSA) is 83.5 Å². The van der Waals surface area contributed by atoms with Crippen molar-refractivity contribution in [3.05, 3.63) is 53.8 Å². The highest BCUT2D eigenvalue weighted by molar-refractivity contribution is 5.95. The van der Waals surface area contributed by atoms with Crippen LogP contribution in [0.4, 0.5) is 14.9 Å². The number of ether oxygens (including phenoxy) is 2. The second-order valence-electron chi connectivity index (χ2n) is 7.35. The molecule has 0 radical (unpaired) electrons. The Labute approximate surface area is 171 Å². The van der Waals surface area contributed by atoms with E-state index >= 15 is 0 Å². The molecule has 1 atom stereocenters. The van der Waals surface area contributed by atoms with E-state index in [1.54, 1.807) is 11.1 Å². The van der Waals surface area contributed by atoms with Crippen molar-refractivity contribution in [1.82, 2.24) is 9.91 Å². The van der Waals surface area contributed by atoms with Crippen molar-refractivity contribution in [2.75, 3.05) is 25.0 Å². The van der Waals surface area contributed by atoms with E-state index in [-0.39, 0.29) is 42.2 Å². The van der Waals surface area contributed by atoms with Gasteiger partial charge >= 0.3 is 6.03 Å². The van der Waals surface area contributed by atoms with Crippen LogP contribution in [0.5, 0.6) is 11.5 Å². The molecule has 0 saturated carbocycles. The van der Waals surface area contributed by atoms with Gasteiger partial charge in [0.15, 0.2) is 18.2 Å². The number of fused-ring (bicyclic) bond motifs is 1. The molecule has 3 aliphatic heterocycles. The maximum atomic E-state index is 14.3. The van der Waals surface area contributed by atoms with Crippen LogP contribution in [0.15, 0.2) is 47.6 Å². The summed E-state index contributed by atoms with van der Waals surface area (Å²) in [5.41, 5.74) is 1.39. The fraction of sp³-hybridized carbons (Fsp3) is 0.286. The molecule has 0 spiro atoms. The van der Waals surface area contributed by atoms with Gasteiger partial charge in [-0.3, -0.25) is 4.79 Å². The van der Waals surface area contributed by atoms with Crippen molar-refractivity contribution in [1.29, 1.82) is 0 Å². The number of benzene rings is 2. The van der Waals surface area contributed by atoms with Crippen molar-refractivity contribution in [3.8, 4) is 11.5 Å². The van der Waals surface area contributed by atoms with E-state index in [9.17, 15) is 14.0 Å². The van der Waals surface area contributed by atoms with Gasteiger partial charge < -0.3 is 19.7 Å². The number of carbonyl (C=O) groups is 2. The molecular formula is C21H19FN4O4. The minimum absolute atomic E-state index is 0.0120. The smallest absolute Gasteiger partial charge is 0.341 e. The first kappa shape index (κ1) is 18.4. The molecule has 0 bridgehead atoms. The molecule has 8 nitrogen and oxygen atoms in total. The van der Waals surface area contributed by atoms with Gasteiger partial charge in [-0.25, -0.2) is 14.2 Å². The Morgan fingerprint density at radius 2 is 2.03 bits per heavy atom. The zero-order valence-corrected chi connectivity index (χ0v) is 16.0. The van der Waals surface area contributed by atoms with Crippen LogP contribution in [0.3, 0.4) is 0 Å². The molecule has 2 aromatic carbocycles. The molecule has 1 N–H and O–H groups in total. The Kier molecular flexibility index (Phi) is 4.50. The summed E-state index contributed by atoms with van der Waals surface area (Å²) in [5, 5.41) is 8.34. The fourth-order valence-electron chi connectivity index (χ4n) is 3.72. The van der Waals surface area contributed by atoms with E-state index in [1.807, 2.05) is 30.3 Å². The highest BCUT2D eigenvalue weighted by atomic mass is 19.1. The number of halogens is 1. The number of amides is 3. The highest BCUT2D eigenvalue weighted by Gasteiger charge is 2.39. The zero-order chi connectivity index (χ0) is 20.7. The number of nitrogens with zero attached hydrogens (tertiary/aromatic N) is 3. The third-order valence-corrected chi connectivity index (χ3v) is 5.29. The van der Waals surface area contributed by atoms with Gasteiger partial charge in [0, 0.05) is 24.8 Å². The van der Waals surface area contributed by atoms with Gasteiger partial charge in [-0.05, 0) is 5.56 Å². The number of likely N-dealkylation sites (tertiary alicyclic amines) is 1. The van der Waals surface area contributed by atoms with E-state index in [4.69, 9.17) is 9.47 Å². The molecule has 2 aromatic rings. The van der Waals surface area contributed by atoms with Crippen LogP contribution in [0.25, 0.3) is 0 Å². The molecule has 30 heavy (non-hydrogen) atoms. The number of carbonyl (C=O) groups excluding carboxylic acids is 2. The number of nitrogens with one attached hydrogen (secondary N) is 1. The normalized spacial score (nSPS) is 20.3.